The van der Waals surface area contributed by atoms with Gasteiger partial charge in [0.05, 0.1) is 7.11 Å². The van der Waals surface area contributed by atoms with Crippen LogP contribution in [-0.2, 0) is 14.3 Å². The Morgan fingerprint density at radius 1 is 1.06 bits per heavy atom. The van der Waals surface area contributed by atoms with E-state index in [2.05, 4.69) is 42.5 Å². The molecule has 6 atom stereocenters. The van der Waals surface area contributed by atoms with Gasteiger partial charge >= 0.3 is 5.97 Å². The SMILES string of the molecule is COC(=O)[C@]1(OCCCCCCI)CC[C@@]2(C)C(=CCC3C4CCC[C@@]4(C)CCC32)C1. The van der Waals surface area contributed by atoms with Gasteiger partial charge in [-0.1, -0.05) is 67.3 Å². The highest BCUT2D eigenvalue weighted by Gasteiger charge is 2.58. The first kappa shape index (κ1) is 24.0. The highest BCUT2D eigenvalue weighted by molar-refractivity contribution is 14.1. The minimum absolute atomic E-state index is 0.156. The molecule has 0 amide bonds. The molecule has 3 saturated carbocycles. The molecule has 0 saturated heterocycles. The molecule has 0 spiro atoms. The average molecular weight is 543 g/mol. The van der Waals surface area contributed by atoms with Crippen molar-refractivity contribution in [1.29, 1.82) is 0 Å². The number of methoxy groups -OCH3 is 1. The zero-order valence-corrected chi connectivity index (χ0v) is 22.2. The van der Waals surface area contributed by atoms with Gasteiger partial charge in [0.15, 0.2) is 5.60 Å². The molecule has 0 radical (unpaired) electrons. The van der Waals surface area contributed by atoms with Gasteiger partial charge in [0.2, 0.25) is 0 Å². The van der Waals surface area contributed by atoms with E-state index in [0.29, 0.717) is 12.0 Å². The van der Waals surface area contributed by atoms with Gasteiger partial charge < -0.3 is 9.47 Å². The molecule has 3 unspecified atom stereocenters. The highest BCUT2D eigenvalue weighted by Crippen LogP contribution is 2.65. The number of rotatable bonds is 8. The van der Waals surface area contributed by atoms with E-state index < -0.39 is 5.60 Å². The Kier molecular flexibility index (Phi) is 7.47. The number of carbonyl (C=O) groups excluding carboxylic acids is 1. The monoisotopic (exact) mass is 542 g/mol. The lowest BCUT2D eigenvalue weighted by Gasteiger charge is -2.58. The van der Waals surface area contributed by atoms with Crippen molar-refractivity contribution in [3.8, 4) is 0 Å². The molecule has 176 valence electrons. The quantitative estimate of drug-likeness (QED) is 0.106. The summed E-state index contributed by atoms with van der Waals surface area (Å²) in [6, 6.07) is 0. The molecular formula is C27H43IO3. The Morgan fingerprint density at radius 3 is 2.65 bits per heavy atom. The molecule has 31 heavy (non-hydrogen) atoms. The van der Waals surface area contributed by atoms with Gasteiger partial charge in [-0.25, -0.2) is 4.79 Å². The topological polar surface area (TPSA) is 35.5 Å². The molecule has 0 aromatic heterocycles. The predicted molar refractivity (Wildman–Crippen MR) is 134 cm³/mol. The zero-order chi connectivity index (χ0) is 22.1. The number of esters is 1. The summed E-state index contributed by atoms with van der Waals surface area (Å²) in [5.74, 6) is 2.39. The maximum Gasteiger partial charge on any atom is 0.338 e. The summed E-state index contributed by atoms with van der Waals surface area (Å²) in [5, 5.41) is 0. The van der Waals surface area contributed by atoms with Crippen LogP contribution in [-0.4, -0.2) is 29.7 Å². The van der Waals surface area contributed by atoms with Crippen LogP contribution in [0.1, 0.15) is 97.3 Å². The number of allylic oxidation sites excluding steroid dienone is 1. The van der Waals surface area contributed by atoms with E-state index in [1.807, 2.05) is 0 Å². The molecule has 3 fully saturated rings. The molecule has 4 rings (SSSR count). The summed E-state index contributed by atoms with van der Waals surface area (Å²) in [4.78, 5) is 12.9. The molecule has 0 N–H and O–H groups in total. The summed E-state index contributed by atoms with van der Waals surface area (Å²) in [6.07, 6.45) is 18.2. The molecule has 4 aliphatic rings. The minimum Gasteiger partial charge on any atom is -0.467 e. The summed E-state index contributed by atoms with van der Waals surface area (Å²) in [7, 11) is 1.52. The zero-order valence-electron chi connectivity index (χ0n) is 20.0. The predicted octanol–water partition coefficient (Wildman–Crippen LogP) is 7.26. The molecular weight excluding hydrogens is 499 g/mol. The lowest BCUT2D eigenvalue weighted by molar-refractivity contribution is -0.177. The maximum atomic E-state index is 12.9. The standard InChI is InChI=1S/C27H43IO3/c1-25-13-8-9-22(25)21-11-10-20-19-27(24(29)30-3,31-18-7-5-4-6-17-28)16-15-26(20,2)23(21)12-14-25/h10,21-23H,4-9,11-19H2,1-3H3/t21?,22?,23?,25-,26-,27-/m0/s1. The van der Waals surface area contributed by atoms with Gasteiger partial charge in [-0.3, -0.25) is 0 Å². The molecule has 0 bridgehead atoms. The second-order valence-electron chi connectivity index (χ2n) is 11.5. The smallest absolute Gasteiger partial charge is 0.338 e. The van der Waals surface area contributed by atoms with Gasteiger partial charge in [0.25, 0.3) is 0 Å². The van der Waals surface area contributed by atoms with Crippen LogP contribution < -0.4 is 0 Å². The maximum absolute atomic E-state index is 12.9. The van der Waals surface area contributed by atoms with Gasteiger partial charge in [-0.2, -0.15) is 0 Å². The molecule has 0 aromatic rings. The van der Waals surface area contributed by atoms with Crippen molar-refractivity contribution in [3.63, 3.8) is 0 Å². The van der Waals surface area contributed by atoms with E-state index in [0.717, 1.165) is 43.4 Å². The number of carbonyl (C=O) groups is 1. The number of ether oxygens (including phenoxy) is 2. The van der Waals surface area contributed by atoms with Crippen LogP contribution in [0, 0.1) is 28.6 Å². The Morgan fingerprint density at radius 2 is 1.87 bits per heavy atom. The fraction of sp³-hybridized carbons (Fsp3) is 0.889. The third-order valence-electron chi connectivity index (χ3n) is 9.89. The lowest BCUT2D eigenvalue weighted by Crippen LogP contribution is -2.54. The van der Waals surface area contributed by atoms with Crippen LogP contribution in [0.3, 0.4) is 0 Å². The van der Waals surface area contributed by atoms with Crippen LogP contribution in [0.25, 0.3) is 0 Å². The van der Waals surface area contributed by atoms with Crippen molar-refractivity contribution >= 4 is 28.6 Å². The molecule has 4 heteroatoms. The lowest BCUT2D eigenvalue weighted by atomic mass is 9.47. The summed E-state index contributed by atoms with van der Waals surface area (Å²) < 4.78 is 12.9. The summed E-state index contributed by atoms with van der Waals surface area (Å²) >= 11 is 2.44. The van der Waals surface area contributed by atoms with Crippen molar-refractivity contribution in [2.24, 2.45) is 28.6 Å². The van der Waals surface area contributed by atoms with Crippen LogP contribution in [0.15, 0.2) is 11.6 Å². The fourth-order valence-corrected chi connectivity index (χ4v) is 8.53. The van der Waals surface area contributed by atoms with Crippen molar-refractivity contribution < 1.29 is 14.3 Å². The van der Waals surface area contributed by atoms with Crippen molar-refractivity contribution in [2.45, 2.75) is 103 Å². The first-order valence-electron chi connectivity index (χ1n) is 12.9. The normalized spacial score (nSPS) is 41.7. The average Bonchev–Trinajstić information content (AvgIpc) is 3.17. The van der Waals surface area contributed by atoms with Gasteiger partial charge in [-0.15, -0.1) is 0 Å². The first-order valence-corrected chi connectivity index (χ1v) is 14.4. The van der Waals surface area contributed by atoms with E-state index in [4.69, 9.17) is 9.47 Å². The summed E-state index contributed by atoms with van der Waals surface area (Å²) in [5.41, 5.74) is 1.57. The molecule has 3 nitrogen and oxygen atoms in total. The molecule has 0 aliphatic heterocycles. The highest BCUT2D eigenvalue weighted by atomic mass is 127. The number of halogens is 1. The number of alkyl halides is 1. The van der Waals surface area contributed by atoms with Crippen LogP contribution in [0.2, 0.25) is 0 Å². The van der Waals surface area contributed by atoms with Crippen molar-refractivity contribution in [1.82, 2.24) is 0 Å². The summed E-state index contributed by atoms with van der Waals surface area (Å²) in [6.45, 7) is 5.75. The number of hydrogen-bond donors (Lipinski definition) is 0. The Balaban J connectivity index is 1.48. The Bertz CT molecular complexity index is 690. The largest absolute Gasteiger partial charge is 0.467 e. The van der Waals surface area contributed by atoms with Crippen LogP contribution in [0.4, 0.5) is 0 Å². The fourth-order valence-electron chi connectivity index (χ4n) is 7.99. The Hall–Kier alpha value is -0.100. The van der Waals surface area contributed by atoms with Gasteiger partial charge in [0.1, 0.15) is 0 Å². The van der Waals surface area contributed by atoms with E-state index in [1.165, 1.54) is 74.9 Å². The van der Waals surface area contributed by atoms with E-state index >= 15 is 0 Å². The van der Waals surface area contributed by atoms with E-state index in [1.54, 1.807) is 0 Å². The van der Waals surface area contributed by atoms with Gasteiger partial charge in [0, 0.05) is 13.0 Å². The molecule has 0 aromatic carbocycles. The second kappa shape index (κ2) is 9.64. The third-order valence-corrected chi connectivity index (χ3v) is 10.7. The number of unbranched alkanes of at least 4 members (excludes halogenated alkanes) is 3. The minimum atomic E-state index is -0.757. The molecule has 4 aliphatic carbocycles. The van der Waals surface area contributed by atoms with E-state index in [9.17, 15) is 4.79 Å². The van der Waals surface area contributed by atoms with Crippen molar-refractivity contribution in [3.05, 3.63) is 11.6 Å². The third kappa shape index (κ3) is 4.38. The van der Waals surface area contributed by atoms with E-state index in [-0.39, 0.29) is 11.4 Å². The Labute approximate surface area is 203 Å². The van der Waals surface area contributed by atoms with Crippen molar-refractivity contribution in [2.75, 3.05) is 18.1 Å². The number of hydrogen-bond acceptors (Lipinski definition) is 3. The number of fused-ring (bicyclic) bond motifs is 5. The second-order valence-corrected chi connectivity index (χ2v) is 12.5. The molecule has 0 heterocycles. The van der Waals surface area contributed by atoms with Gasteiger partial charge in [-0.05, 0) is 90.8 Å². The van der Waals surface area contributed by atoms with Crippen LogP contribution in [0.5, 0.6) is 0 Å². The first-order chi connectivity index (χ1) is 14.9. The van der Waals surface area contributed by atoms with Crippen LogP contribution >= 0.6 is 22.6 Å².